The smallest absolute Gasteiger partial charge is 0.163 e. The van der Waals surface area contributed by atoms with Crippen molar-refractivity contribution in [2.24, 2.45) is 0 Å². The summed E-state index contributed by atoms with van der Waals surface area (Å²) in [5.74, 6) is -0.207. The Hall–Kier alpha value is -4.02. The number of nitriles is 3. The first kappa shape index (κ1) is 18.8. The SMILES string of the molecule is N#CC(C#N)=C(C#N)Nc1ccc(N2CCN(c3ccccc3F)CC2)cc1. The second kappa shape index (κ2) is 8.58. The minimum atomic E-state index is -0.254. The van der Waals surface area contributed by atoms with E-state index in [1.807, 2.05) is 29.2 Å². The zero-order valence-corrected chi connectivity index (χ0v) is 15.1. The predicted octanol–water partition coefficient (Wildman–Crippen LogP) is 3.39. The van der Waals surface area contributed by atoms with Crippen LogP contribution in [0.2, 0.25) is 0 Å². The number of hydrogen-bond donors (Lipinski definition) is 1. The van der Waals surface area contributed by atoms with Crippen LogP contribution in [0.1, 0.15) is 0 Å². The quantitative estimate of drug-likeness (QED) is 0.828. The summed E-state index contributed by atoms with van der Waals surface area (Å²) in [6, 6.07) is 19.4. The summed E-state index contributed by atoms with van der Waals surface area (Å²) in [6.45, 7) is 2.96. The highest BCUT2D eigenvalue weighted by molar-refractivity contribution is 5.62. The van der Waals surface area contributed by atoms with Crippen LogP contribution in [0.25, 0.3) is 0 Å². The topological polar surface area (TPSA) is 89.9 Å². The molecule has 6 nitrogen and oxygen atoms in total. The number of piperazine rings is 1. The lowest BCUT2D eigenvalue weighted by Gasteiger charge is -2.37. The molecule has 0 aromatic heterocycles. The Balaban J connectivity index is 1.65. The molecule has 1 aliphatic rings. The van der Waals surface area contributed by atoms with Gasteiger partial charge in [-0.15, -0.1) is 0 Å². The van der Waals surface area contributed by atoms with Crippen molar-refractivity contribution in [1.29, 1.82) is 15.8 Å². The monoisotopic (exact) mass is 372 g/mol. The van der Waals surface area contributed by atoms with Crippen molar-refractivity contribution in [3.63, 3.8) is 0 Å². The van der Waals surface area contributed by atoms with Crippen molar-refractivity contribution in [3.05, 3.63) is 65.6 Å². The summed E-state index contributed by atoms with van der Waals surface area (Å²) in [7, 11) is 0. The molecule has 0 amide bonds. The van der Waals surface area contributed by atoms with Gasteiger partial charge in [-0.05, 0) is 36.4 Å². The van der Waals surface area contributed by atoms with E-state index in [-0.39, 0.29) is 17.1 Å². The van der Waals surface area contributed by atoms with E-state index < -0.39 is 0 Å². The van der Waals surface area contributed by atoms with Crippen molar-refractivity contribution in [3.8, 4) is 18.2 Å². The second-order valence-corrected chi connectivity index (χ2v) is 6.18. The standard InChI is InChI=1S/C21H17FN6/c22-19-3-1-2-4-21(19)28-11-9-27(10-12-28)18-7-5-17(6-8-18)26-20(15-25)16(13-23)14-24/h1-8,26H,9-12H2. The third-order valence-electron chi connectivity index (χ3n) is 4.56. The first-order valence-electron chi connectivity index (χ1n) is 8.72. The van der Waals surface area contributed by atoms with Gasteiger partial charge in [0.15, 0.2) is 5.57 Å². The maximum absolute atomic E-state index is 14.0. The van der Waals surface area contributed by atoms with Crippen LogP contribution in [0.4, 0.5) is 21.5 Å². The van der Waals surface area contributed by atoms with Gasteiger partial charge >= 0.3 is 0 Å². The Kier molecular flexibility index (Phi) is 5.75. The van der Waals surface area contributed by atoms with Crippen LogP contribution >= 0.6 is 0 Å². The average Bonchev–Trinajstić information content (AvgIpc) is 2.75. The minimum absolute atomic E-state index is 0.0729. The number of allylic oxidation sites excluding steroid dienone is 2. The third kappa shape index (κ3) is 4.03. The fourth-order valence-corrected chi connectivity index (χ4v) is 3.10. The summed E-state index contributed by atoms with van der Waals surface area (Å²) in [6.07, 6.45) is 0. The molecule has 28 heavy (non-hydrogen) atoms. The van der Waals surface area contributed by atoms with Crippen LogP contribution in [-0.2, 0) is 0 Å². The molecule has 1 aliphatic heterocycles. The number of benzene rings is 2. The van der Waals surface area contributed by atoms with Crippen molar-refractivity contribution >= 4 is 17.1 Å². The summed E-state index contributed by atoms with van der Waals surface area (Å²) >= 11 is 0. The van der Waals surface area contributed by atoms with Gasteiger partial charge < -0.3 is 15.1 Å². The molecule has 1 saturated heterocycles. The second-order valence-electron chi connectivity index (χ2n) is 6.18. The summed E-state index contributed by atoms with van der Waals surface area (Å²) in [5, 5.41) is 29.7. The molecule has 2 aromatic carbocycles. The Labute approximate surface area is 162 Å². The zero-order chi connectivity index (χ0) is 19.9. The lowest BCUT2D eigenvalue weighted by molar-refractivity contribution is 0.598. The highest BCUT2D eigenvalue weighted by Gasteiger charge is 2.19. The van der Waals surface area contributed by atoms with Crippen LogP contribution in [-0.4, -0.2) is 26.2 Å². The summed E-state index contributed by atoms with van der Waals surface area (Å²) < 4.78 is 14.0. The molecule has 2 aromatic rings. The van der Waals surface area contributed by atoms with E-state index in [9.17, 15) is 4.39 Å². The lowest BCUT2D eigenvalue weighted by atomic mass is 10.2. The van der Waals surface area contributed by atoms with Crippen LogP contribution in [0, 0.1) is 39.8 Å². The van der Waals surface area contributed by atoms with E-state index in [2.05, 4.69) is 10.2 Å². The molecule has 1 fully saturated rings. The van der Waals surface area contributed by atoms with Gasteiger partial charge in [0.2, 0.25) is 0 Å². The van der Waals surface area contributed by atoms with Gasteiger partial charge in [-0.25, -0.2) is 4.39 Å². The van der Waals surface area contributed by atoms with Crippen LogP contribution in [0.15, 0.2) is 59.8 Å². The number of anilines is 3. The van der Waals surface area contributed by atoms with Crippen molar-refractivity contribution in [2.75, 3.05) is 41.3 Å². The summed E-state index contributed by atoms with van der Waals surface area (Å²) in [5.41, 5.74) is 1.94. The van der Waals surface area contributed by atoms with E-state index in [4.69, 9.17) is 15.8 Å². The molecule has 0 unspecified atom stereocenters. The van der Waals surface area contributed by atoms with Gasteiger partial charge in [0.25, 0.3) is 0 Å². The normalized spacial score (nSPS) is 13.1. The van der Waals surface area contributed by atoms with E-state index in [1.165, 1.54) is 6.07 Å². The lowest BCUT2D eigenvalue weighted by Crippen LogP contribution is -2.46. The van der Waals surface area contributed by atoms with Crippen molar-refractivity contribution < 1.29 is 4.39 Å². The number of para-hydroxylation sites is 1. The molecule has 1 N–H and O–H groups in total. The largest absolute Gasteiger partial charge is 0.368 e. The number of halogens is 1. The minimum Gasteiger partial charge on any atom is -0.368 e. The highest BCUT2D eigenvalue weighted by atomic mass is 19.1. The first-order chi connectivity index (χ1) is 13.7. The Bertz CT molecular complexity index is 983. The molecular formula is C21H17FN6. The molecule has 0 saturated carbocycles. The Morgan fingerprint density at radius 1 is 0.821 bits per heavy atom. The molecule has 0 aliphatic carbocycles. The molecule has 0 radical (unpaired) electrons. The molecule has 138 valence electrons. The van der Waals surface area contributed by atoms with E-state index in [1.54, 1.807) is 36.4 Å². The fourth-order valence-electron chi connectivity index (χ4n) is 3.10. The highest BCUT2D eigenvalue weighted by Crippen LogP contribution is 2.24. The third-order valence-corrected chi connectivity index (χ3v) is 4.56. The maximum Gasteiger partial charge on any atom is 0.163 e. The predicted molar refractivity (Wildman–Crippen MR) is 105 cm³/mol. The van der Waals surface area contributed by atoms with Crippen LogP contribution in [0.3, 0.4) is 0 Å². The maximum atomic E-state index is 14.0. The van der Waals surface area contributed by atoms with Crippen molar-refractivity contribution in [1.82, 2.24) is 0 Å². The number of nitrogens with one attached hydrogen (secondary N) is 1. The number of nitrogens with zero attached hydrogens (tertiary/aromatic N) is 5. The van der Waals surface area contributed by atoms with Crippen LogP contribution in [0.5, 0.6) is 0 Å². The van der Waals surface area contributed by atoms with Gasteiger partial charge in [0.1, 0.15) is 29.7 Å². The Morgan fingerprint density at radius 2 is 1.43 bits per heavy atom. The molecule has 0 bridgehead atoms. The zero-order valence-electron chi connectivity index (χ0n) is 15.1. The molecule has 7 heteroatoms. The van der Waals surface area contributed by atoms with E-state index in [0.29, 0.717) is 11.4 Å². The van der Waals surface area contributed by atoms with E-state index >= 15 is 0 Å². The van der Waals surface area contributed by atoms with Crippen molar-refractivity contribution in [2.45, 2.75) is 0 Å². The van der Waals surface area contributed by atoms with Gasteiger partial charge in [-0.3, -0.25) is 0 Å². The molecular weight excluding hydrogens is 355 g/mol. The fraction of sp³-hybridized carbons (Fsp3) is 0.190. The average molecular weight is 372 g/mol. The van der Waals surface area contributed by atoms with Gasteiger partial charge in [0.05, 0.1) is 5.69 Å². The molecule has 3 rings (SSSR count). The summed E-state index contributed by atoms with van der Waals surface area (Å²) in [4.78, 5) is 4.25. The number of rotatable bonds is 4. The molecule has 0 spiro atoms. The molecule has 1 heterocycles. The first-order valence-corrected chi connectivity index (χ1v) is 8.72. The molecule has 0 atom stereocenters. The van der Waals surface area contributed by atoms with Crippen LogP contribution < -0.4 is 15.1 Å². The Morgan fingerprint density at radius 3 is 2.00 bits per heavy atom. The number of hydrogen-bond acceptors (Lipinski definition) is 6. The van der Waals surface area contributed by atoms with Gasteiger partial charge in [-0.2, -0.15) is 15.8 Å². The van der Waals surface area contributed by atoms with Gasteiger partial charge in [0, 0.05) is 37.6 Å². The van der Waals surface area contributed by atoms with E-state index in [0.717, 1.165) is 31.9 Å². The van der Waals surface area contributed by atoms with Gasteiger partial charge in [-0.1, -0.05) is 12.1 Å².